The van der Waals surface area contributed by atoms with E-state index in [2.05, 4.69) is 11.4 Å². The minimum Gasteiger partial charge on any atom is -0.445 e. The van der Waals surface area contributed by atoms with Crippen LogP contribution >= 0.6 is 0 Å². The Hall–Kier alpha value is -1.77. The topological polar surface area (TPSA) is 38.3 Å². The zero-order valence-electron chi connectivity index (χ0n) is 13.3. The van der Waals surface area contributed by atoms with E-state index in [1.807, 2.05) is 30.3 Å². The standard InChI is InChI=1S/C20H23NO2/c22-20(21-13-4-2-1-3-5-13)23-11-12-10-18-14-6-7-15(18)17-9-8-16(14)19(12)17/h1-5,10,14-19H,6-9,11H2,(H,21,22). The van der Waals surface area contributed by atoms with Gasteiger partial charge in [-0.25, -0.2) is 4.79 Å². The number of carbonyl (C=O) groups excluding carboxylic acids is 1. The fourth-order valence-electron chi connectivity index (χ4n) is 6.23. The molecule has 6 bridgehead atoms. The van der Waals surface area contributed by atoms with Gasteiger partial charge in [0.1, 0.15) is 6.61 Å². The van der Waals surface area contributed by atoms with E-state index >= 15 is 0 Å². The average molecular weight is 309 g/mol. The van der Waals surface area contributed by atoms with Crippen molar-refractivity contribution in [2.45, 2.75) is 25.7 Å². The molecule has 0 radical (unpaired) electrons. The third kappa shape index (κ3) is 2.05. The van der Waals surface area contributed by atoms with Crippen molar-refractivity contribution >= 4 is 11.8 Å². The Morgan fingerprint density at radius 2 is 1.65 bits per heavy atom. The second-order valence-corrected chi connectivity index (χ2v) is 7.72. The highest BCUT2D eigenvalue weighted by Crippen LogP contribution is 2.66. The van der Waals surface area contributed by atoms with Crippen LogP contribution in [0, 0.1) is 35.5 Å². The van der Waals surface area contributed by atoms with Crippen molar-refractivity contribution in [3.63, 3.8) is 0 Å². The van der Waals surface area contributed by atoms with Gasteiger partial charge >= 0.3 is 6.09 Å². The Bertz CT molecular complexity index is 633. The van der Waals surface area contributed by atoms with E-state index in [1.165, 1.54) is 31.3 Å². The predicted octanol–water partition coefficient (Wildman–Crippen LogP) is 4.47. The summed E-state index contributed by atoms with van der Waals surface area (Å²) in [5.74, 6) is 5.13. The summed E-state index contributed by atoms with van der Waals surface area (Å²) >= 11 is 0. The molecule has 1 amide bonds. The molecule has 0 aromatic heterocycles. The highest BCUT2D eigenvalue weighted by atomic mass is 16.5. The van der Waals surface area contributed by atoms with E-state index in [0.717, 1.165) is 35.3 Å². The lowest BCUT2D eigenvalue weighted by atomic mass is 9.58. The van der Waals surface area contributed by atoms with Gasteiger partial charge in [-0.3, -0.25) is 5.32 Å². The number of benzene rings is 1. The zero-order chi connectivity index (χ0) is 15.4. The molecule has 0 spiro atoms. The maximum Gasteiger partial charge on any atom is 0.411 e. The molecular weight excluding hydrogens is 286 g/mol. The highest BCUT2D eigenvalue weighted by molar-refractivity contribution is 5.84. The molecule has 5 aliphatic carbocycles. The Morgan fingerprint density at radius 3 is 2.35 bits per heavy atom. The third-order valence-corrected chi connectivity index (χ3v) is 6.90. The molecule has 3 fully saturated rings. The molecule has 0 saturated heterocycles. The largest absolute Gasteiger partial charge is 0.445 e. The van der Waals surface area contributed by atoms with Crippen LogP contribution in [0.3, 0.4) is 0 Å². The maximum atomic E-state index is 12.0. The van der Waals surface area contributed by atoms with Gasteiger partial charge in [0.15, 0.2) is 0 Å². The molecule has 120 valence electrons. The van der Waals surface area contributed by atoms with Gasteiger partial charge in [-0.1, -0.05) is 24.3 Å². The summed E-state index contributed by atoms with van der Waals surface area (Å²) in [6.07, 6.45) is 7.83. The second-order valence-electron chi connectivity index (χ2n) is 7.72. The number of anilines is 1. The van der Waals surface area contributed by atoms with E-state index in [4.69, 9.17) is 4.74 Å². The van der Waals surface area contributed by atoms with Crippen molar-refractivity contribution in [3.05, 3.63) is 42.0 Å². The number of para-hydroxylation sites is 1. The quantitative estimate of drug-likeness (QED) is 0.836. The van der Waals surface area contributed by atoms with E-state index < -0.39 is 0 Å². The molecule has 3 heteroatoms. The summed E-state index contributed by atoms with van der Waals surface area (Å²) in [7, 11) is 0. The Balaban J connectivity index is 1.27. The third-order valence-electron chi connectivity index (χ3n) is 6.90. The predicted molar refractivity (Wildman–Crippen MR) is 88.9 cm³/mol. The van der Waals surface area contributed by atoms with E-state index in [1.54, 1.807) is 0 Å². The summed E-state index contributed by atoms with van der Waals surface area (Å²) in [6, 6.07) is 9.50. The van der Waals surface area contributed by atoms with Crippen LogP contribution in [-0.2, 0) is 4.74 Å². The van der Waals surface area contributed by atoms with Gasteiger partial charge in [-0.2, -0.15) is 0 Å². The molecule has 1 aromatic carbocycles. The summed E-state index contributed by atoms with van der Waals surface area (Å²) in [4.78, 5) is 12.0. The lowest BCUT2D eigenvalue weighted by molar-refractivity contribution is 0.0871. The molecule has 1 N–H and O–H groups in total. The van der Waals surface area contributed by atoms with Gasteiger partial charge in [0.2, 0.25) is 0 Å². The molecule has 23 heavy (non-hydrogen) atoms. The smallest absolute Gasteiger partial charge is 0.411 e. The van der Waals surface area contributed by atoms with Crippen LogP contribution in [-0.4, -0.2) is 12.7 Å². The molecule has 0 aliphatic heterocycles. The number of hydrogen-bond donors (Lipinski definition) is 1. The number of allylic oxidation sites excluding steroid dienone is 1. The van der Waals surface area contributed by atoms with Crippen molar-refractivity contribution in [2.75, 3.05) is 11.9 Å². The molecule has 4 atom stereocenters. The fraction of sp³-hybridized carbons (Fsp3) is 0.550. The van der Waals surface area contributed by atoms with Crippen molar-refractivity contribution in [1.29, 1.82) is 0 Å². The average Bonchev–Trinajstić information content (AvgIpc) is 3.10. The first-order valence-electron chi connectivity index (χ1n) is 9.00. The highest BCUT2D eigenvalue weighted by Gasteiger charge is 2.59. The first-order chi connectivity index (χ1) is 11.3. The van der Waals surface area contributed by atoms with E-state index in [-0.39, 0.29) is 6.09 Å². The first kappa shape index (κ1) is 13.6. The number of rotatable bonds is 3. The van der Waals surface area contributed by atoms with Gasteiger partial charge in [0.05, 0.1) is 0 Å². The Labute approximate surface area is 137 Å². The molecule has 6 rings (SSSR count). The number of amides is 1. The van der Waals surface area contributed by atoms with E-state index in [0.29, 0.717) is 12.5 Å². The molecule has 0 heterocycles. The van der Waals surface area contributed by atoms with Crippen molar-refractivity contribution in [3.8, 4) is 0 Å². The molecule has 4 unspecified atom stereocenters. The summed E-state index contributed by atoms with van der Waals surface area (Å²) in [5.41, 5.74) is 2.20. The van der Waals surface area contributed by atoms with Crippen LogP contribution in [0.4, 0.5) is 10.5 Å². The van der Waals surface area contributed by atoms with Crippen molar-refractivity contribution in [2.24, 2.45) is 35.5 Å². The van der Waals surface area contributed by atoms with Crippen LogP contribution in [0.5, 0.6) is 0 Å². The van der Waals surface area contributed by atoms with Crippen LogP contribution in [0.15, 0.2) is 42.0 Å². The summed E-state index contributed by atoms with van der Waals surface area (Å²) in [5, 5.41) is 2.81. The van der Waals surface area contributed by atoms with Gasteiger partial charge in [-0.15, -0.1) is 0 Å². The lowest BCUT2D eigenvalue weighted by Crippen LogP contribution is -2.42. The molecule has 3 saturated carbocycles. The lowest BCUT2D eigenvalue weighted by Gasteiger charge is -2.47. The molecule has 5 aliphatic rings. The summed E-state index contributed by atoms with van der Waals surface area (Å²) < 4.78 is 5.54. The number of carbonyl (C=O) groups is 1. The number of hydrogen-bond acceptors (Lipinski definition) is 2. The minimum atomic E-state index is -0.339. The maximum absolute atomic E-state index is 12.0. The van der Waals surface area contributed by atoms with Crippen molar-refractivity contribution in [1.82, 2.24) is 0 Å². The van der Waals surface area contributed by atoms with Crippen LogP contribution in [0.25, 0.3) is 0 Å². The number of ether oxygens (including phenoxy) is 1. The van der Waals surface area contributed by atoms with Gasteiger partial charge in [0.25, 0.3) is 0 Å². The van der Waals surface area contributed by atoms with Crippen molar-refractivity contribution < 1.29 is 9.53 Å². The normalized spacial score (nSPS) is 39.2. The Morgan fingerprint density at radius 1 is 1.00 bits per heavy atom. The zero-order valence-corrected chi connectivity index (χ0v) is 13.3. The monoisotopic (exact) mass is 309 g/mol. The first-order valence-corrected chi connectivity index (χ1v) is 9.00. The van der Waals surface area contributed by atoms with Crippen LogP contribution in [0.2, 0.25) is 0 Å². The number of nitrogens with one attached hydrogen (secondary N) is 1. The van der Waals surface area contributed by atoms with Gasteiger partial charge in [-0.05, 0) is 78.9 Å². The fourth-order valence-corrected chi connectivity index (χ4v) is 6.23. The van der Waals surface area contributed by atoms with E-state index in [9.17, 15) is 4.79 Å². The van der Waals surface area contributed by atoms with Gasteiger partial charge < -0.3 is 4.74 Å². The molecular formula is C20H23NO2. The van der Waals surface area contributed by atoms with Crippen LogP contribution < -0.4 is 5.32 Å². The second kappa shape index (κ2) is 5.12. The Kier molecular flexibility index (Phi) is 3.04. The van der Waals surface area contributed by atoms with Gasteiger partial charge in [0, 0.05) is 5.69 Å². The molecule has 1 aromatic rings. The van der Waals surface area contributed by atoms with Crippen LogP contribution in [0.1, 0.15) is 25.7 Å². The SMILES string of the molecule is O=C(Nc1ccccc1)OCC1=CC2C3CCC2C2CCC3C12. The minimum absolute atomic E-state index is 0.339. The molecule has 3 nitrogen and oxygen atoms in total. The summed E-state index contributed by atoms with van der Waals surface area (Å²) in [6.45, 7) is 0.478.